The Balaban J connectivity index is 1.77. The third-order valence-corrected chi connectivity index (χ3v) is 5.50. The Morgan fingerprint density at radius 3 is 2.11 bits per heavy atom. The first-order valence-corrected chi connectivity index (χ1v) is 10.1. The summed E-state index contributed by atoms with van der Waals surface area (Å²) < 4.78 is 4.65. The maximum absolute atomic E-state index is 13.0. The van der Waals surface area contributed by atoms with Crippen molar-refractivity contribution >= 4 is 29.7 Å². The molecule has 3 rings (SSSR count). The van der Waals surface area contributed by atoms with Crippen LogP contribution < -0.4 is 0 Å². The number of carbonyl (C=O) groups excluding carboxylic acids is 3. The van der Waals surface area contributed by atoms with E-state index in [2.05, 4.69) is 4.74 Å². The van der Waals surface area contributed by atoms with E-state index >= 15 is 0 Å². The molecule has 0 aliphatic carbocycles. The summed E-state index contributed by atoms with van der Waals surface area (Å²) in [6.45, 7) is 0.585. The van der Waals surface area contributed by atoms with Gasteiger partial charge in [-0.3, -0.25) is 14.5 Å². The van der Waals surface area contributed by atoms with Crippen molar-refractivity contribution in [3.63, 3.8) is 0 Å². The zero-order valence-electron chi connectivity index (χ0n) is 15.6. The fourth-order valence-electron chi connectivity index (χ4n) is 3.04. The molecular weight excluding hydrogens is 376 g/mol. The number of esters is 1. The quantitative estimate of drug-likeness (QED) is 0.505. The number of hydrogen-bond acceptors (Lipinski definition) is 5. The SMILES string of the molecule is COC(=O)CSC[C@H]1C(=O)N(Cc2ccccc2)C(=O)N1Cc1ccccc1. The van der Waals surface area contributed by atoms with Crippen LogP contribution in [0.4, 0.5) is 4.79 Å². The van der Waals surface area contributed by atoms with Crippen LogP contribution in [0, 0.1) is 0 Å². The summed E-state index contributed by atoms with van der Waals surface area (Å²) in [6.07, 6.45) is 0. The molecule has 1 fully saturated rings. The first-order chi connectivity index (χ1) is 13.6. The summed E-state index contributed by atoms with van der Waals surface area (Å²) in [6, 6.07) is 18.1. The number of benzene rings is 2. The second kappa shape index (κ2) is 9.41. The number of methoxy groups -OCH3 is 1. The zero-order valence-corrected chi connectivity index (χ0v) is 16.4. The average molecular weight is 398 g/mol. The molecule has 0 aromatic heterocycles. The topological polar surface area (TPSA) is 66.9 Å². The molecule has 1 aliphatic rings. The maximum Gasteiger partial charge on any atom is 0.328 e. The van der Waals surface area contributed by atoms with E-state index in [4.69, 9.17) is 0 Å². The maximum atomic E-state index is 13.0. The Morgan fingerprint density at radius 1 is 0.964 bits per heavy atom. The van der Waals surface area contributed by atoms with Crippen LogP contribution in [0.5, 0.6) is 0 Å². The van der Waals surface area contributed by atoms with E-state index in [1.165, 1.54) is 23.8 Å². The molecule has 1 atom stereocenters. The Labute approximate surface area is 168 Å². The number of nitrogens with zero attached hydrogens (tertiary/aromatic N) is 2. The van der Waals surface area contributed by atoms with Crippen molar-refractivity contribution in [2.24, 2.45) is 0 Å². The van der Waals surface area contributed by atoms with Crippen LogP contribution in [0.1, 0.15) is 11.1 Å². The lowest BCUT2D eigenvalue weighted by atomic mass is 10.2. The monoisotopic (exact) mass is 398 g/mol. The lowest BCUT2D eigenvalue weighted by molar-refractivity contribution is -0.137. The van der Waals surface area contributed by atoms with E-state index in [1.54, 1.807) is 4.90 Å². The van der Waals surface area contributed by atoms with Crippen LogP contribution >= 0.6 is 11.8 Å². The van der Waals surface area contributed by atoms with Crippen LogP contribution in [0.15, 0.2) is 60.7 Å². The fraction of sp³-hybridized carbons (Fsp3) is 0.286. The predicted octanol–water partition coefficient (Wildman–Crippen LogP) is 2.93. The molecule has 0 N–H and O–H groups in total. The van der Waals surface area contributed by atoms with Crippen LogP contribution in [0.25, 0.3) is 0 Å². The van der Waals surface area contributed by atoms with Crippen molar-refractivity contribution in [3.05, 3.63) is 71.8 Å². The molecule has 0 unspecified atom stereocenters. The number of thioether (sulfide) groups is 1. The molecule has 0 bridgehead atoms. The zero-order chi connectivity index (χ0) is 19.9. The highest BCUT2D eigenvalue weighted by molar-refractivity contribution is 8.00. The van der Waals surface area contributed by atoms with Gasteiger partial charge in [0.25, 0.3) is 5.91 Å². The Kier molecular flexibility index (Phi) is 6.71. The van der Waals surface area contributed by atoms with Crippen molar-refractivity contribution in [1.29, 1.82) is 0 Å². The van der Waals surface area contributed by atoms with Gasteiger partial charge in [0.15, 0.2) is 0 Å². The molecule has 1 saturated heterocycles. The molecule has 3 amide bonds. The number of carbonyl (C=O) groups is 3. The van der Waals surface area contributed by atoms with Gasteiger partial charge in [-0.15, -0.1) is 11.8 Å². The number of ether oxygens (including phenoxy) is 1. The molecule has 6 nitrogen and oxygen atoms in total. The Hall–Kier alpha value is -2.80. The summed E-state index contributed by atoms with van der Waals surface area (Å²) in [7, 11) is 1.33. The lowest BCUT2D eigenvalue weighted by Gasteiger charge is -2.21. The Morgan fingerprint density at radius 2 is 1.54 bits per heavy atom. The first-order valence-electron chi connectivity index (χ1n) is 8.94. The summed E-state index contributed by atoms with van der Waals surface area (Å²) in [5, 5.41) is 0. The summed E-state index contributed by atoms with van der Waals surface area (Å²) in [4.78, 5) is 40.3. The molecule has 146 valence electrons. The standard InChI is InChI=1S/C21H22N2O4S/c1-27-19(24)15-28-14-18-20(25)23(13-17-10-6-3-7-11-17)21(26)22(18)12-16-8-4-2-5-9-16/h2-11,18H,12-15H2,1H3/t18-/m0/s1. The van der Waals surface area contributed by atoms with Crippen molar-refractivity contribution in [1.82, 2.24) is 9.80 Å². The number of amides is 3. The largest absolute Gasteiger partial charge is 0.468 e. The van der Waals surface area contributed by atoms with Gasteiger partial charge in [0.1, 0.15) is 6.04 Å². The predicted molar refractivity (Wildman–Crippen MR) is 108 cm³/mol. The highest BCUT2D eigenvalue weighted by Crippen LogP contribution is 2.25. The van der Waals surface area contributed by atoms with E-state index in [0.717, 1.165) is 11.1 Å². The molecule has 1 aliphatic heterocycles. The normalized spacial score (nSPS) is 16.5. The van der Waals surface area contributed by atoms with Gasteiger partial charge in [0.2, 0.25) is 0 Å². The van der Waals surface area contributed by atoms with Gasteiger partial charge in [0, 0.05) is 12.3 Å². The van der Waals surface area contributed by atoms with E-state index < -0.39 is 6.04 Å². The minimum Gasteiger partial charge on any atom is -0.468 e. The lowest BCUT2D eigenvalue weighted by Crippen LogP contribution is -2.36. The summed E-state index contributed by atoms with van der Waals surface area (Å²) >= 11 is 1.30. The second-order valence-electron chi connectivity index (χ2n) is 6.41. The third-order valence-electron chi connectivity index (χ3n) is 4.51. The van der Waals surface area contributed by atoms with Crippen molar-refractivity contribution in [3.8, 4) is 0 Å². The highest BCUT2D eigenvalue weighted by Gasteiger charge is 2.44. The van der Waals surface area contributed by atoms with E-state index in [9.17, 15) is 14.4 Å². The molecular formula is C21H22N2O4S. The smallest absolute Gasteiger partial charge is 0.328 e. The fourth-order valence-corrected chi connectivity index (χ4v) is 3.99. The van der Waals surface area contributed by atoms with Crippen LogP contribution in [0.3, 0.4) is 0 Å². The average Bonchev–Trinajstić information content (AvgIpc) is 2.94. The van der Waals surface area contributed by atoms with Gasteiger partial charge in [0.05, 0.1) is 19.4 Å². The number of urea groups is 1. The minimum absolute atomic E-state index is 0.145. The third kappa shape index (κ3) is 4.72. The number of hydrogen-bond donors (Lipinski definition) is 0. The van der Waals surface area contributed by atoms with Gasteiger partial charge >= 0.3 is 12.0 Å². The van der Waals surface area contributed by atoms with Gasteiger partial charge in [-0.2, -0.15) is 0 Å². The number of rotatable bonds is 8. The van der Waals surface area contributed by atoms with Crippen LogP contribution in [-0.4, -0.2) is 52.4 Å². The van der Waals surface area contributed by atoms with E-state index in [-0.39, 0.29) is 30.2 Å². The summed E-state index contributed by atoms with van der Waals surface area (Å²) in [5.74, 6) is -0.0934. The van der Waals surface area contributed by atoms with Crippen molar-refractivity contribution in [2.45, 2.75) is 19.1 Å². The first kappa shape index (κ1) is 19.9. The number of imide groups is 1. The van der Waals surface area contributed by atoms with Gasteiger partial charge in [-0.25, -0.2) is 4.79 Å². The molecule has 7 heteroatoms. The van der Waals surface area contributed by atoms with Gasteiger partial charge in [-0.05, 0) is 11.1 Å². The van der Waals surface area contributed by atoms with Crippen LogP contribution in [-0.2, 0) is 27.4 Å². The van der Waals surface area contributed by atoms with E-state index in [1.807, 2.05) is 60.7 Å². The van der Waals surface area contributed by atoms with Crippen LogP contribution in [0.2, 0.25) is 0 Å². The molecule has 0 spiro atoms. The van der Waals surface area contributed by atoms with Gasteiger partial charge < -0.3 is 9.64 Å². The van der Waals surface area contributed by atoms with E-state index in [0.29, 0.717) is 12.3 Å². The second-order valence-corrected chi connectivity index (χ2v) is 7.44. The molecule has 0 saturated carbocycles. The summed E-state index contributed by atoms with van der Waals surface area (Å²) in [5.41, 5.74) is 1.85. The van der Waals surface area contributed by atoms with Crippen molar-refractivity contribution < 1.29 is 19.1 Å². The molecule has 28 heavy (non-hydrogen) atoms. The van der Waals surface area contributed by atoms with Gasteiger partial charge in [-0.1, -0.05) is 60.7 Å². The molecule has 2 aromatic carbocycles. The molecule has 2 aromatic rings. The highest BCUT2D eigenvalue weighted by atomic mass is 32.2. The molecule has 1 heterocycles. The minimum atomic E-state index is -0.605. The Bertz CT molecular complexity index is 829. The van der Waals surface area contributed by atoms with Crippen molar-refractivity contribution in [2.75, 3.05) is 18.6 Å². The molecule has 0 radical (unpaired) electrons.